The smallest absolute Gasteiger partial charge is 0.410 e. The maximum absolute atomic E-state index is 12.5. The number of halogens is 1. The lowest BCUT2D eigenvalue weighted by Crippen LogP contribution is -2.48. The molecule has 1 saturated heterocycles. The van der Waals surface area contributed by atoms with Crippen LogP contribution in [0.3, 0.4) is 0 Å². The van der Waals surface area contributed by atoms with Crippen LogP contribution < -0.4 is 5.32 Å². The zero-order chi connectivity index (χ0) is 18.0. The van der Waals surface area contributed by atoms with E-state index < -0.39 is 5.60 Å². The van der Waals surface area contributed by atoms with Crippen LogP contribution in [0, 0.1) is 0 Å². The molecule has 2 aromatic heterocycles. The molecule has 0 radical (unpaired) electrons. The first-order chi connectivity index (χ1) is 11.8. The van der Waals surface area contributed by atoms with Crippen molar-refractivity contribution in [3.05, 3.63) is 22.9 Å². The summed E-state index contributed by atoms with van der Waals surface area (Å²) in [6, 6.07) is 3.91. The molecule has 0 saturated carbocycles. The predicted molar refractivity (Wildman–Crippen MR) is 99.8 cm³/mol. The molecule has 1 unspecified atom stereocenters. The fraction of sp³-hybridized carbons (Fsp3) is 0.588. The Bertz CT molecular complexity index is 755. The van der Waals surface area contributed by atoms with Gasteiger partial charge < -0.3 is 15.0 Å². The van der Waals surface area contributed by atoms with E-state index in [1.165, 1.54) is 0 Å². The number of ether oxygens (including phenoxy) is 1. The van der Waals surface area contributed by atoms with Gasteiger partial charge in [-0.25, -0.2) is 14.3 Å². The van der Waals surface area contributed by atoms with E-state index >= 15 is 0 Å². The summed E-state index contributed by atoms with van der Waals surface area (Å²) in [7, 11) is 0. The number of imidazole rings is 1. The minimum atomic E-state index is -0.479. The molecule has 136 valence electrons. The molecule has 1 aliphatic rings. The fourth-order valence-corrected chi connectivity index (χ4v) is 3.30. The summed E-state index contributed by atoms with van der Waals surface area (Å²) in [5.74, 6) is 0.751. The number of carbonyl (C=O) groups excluding carboxylic acids is 1. The Balaban J connectivity index is 1.66. The summed E-state index contributed by atoms with van der Waals surface area (Å²) >= 11 is 3.43. The molecule has 0 bridgehead atoms. The number of hydrogen-bond acceptors (Lipinski definition) is 5. The van der Waals surface area contributed by atoms with Crippen molar-refractivity contribution in [2.75, 3.05) is 18.4 Å². The molecule has 0 spiro atoms. The van der Waals surface area contributed by atoms with Crippen LogP contribution in [0.1, 0.15) is 40.0 Å². The normalized spacial score (nSPS) is 18.4. The van der Waals surface area contributed by atoms with Crippen molar-refractivity contribution >= 4 is 33.5 Å². The minimum Gasteiger partial charge on any atom is -0.444 e. The average Bonchev–Trinajstić information content (AvgIpc) is 2.92. The molecule has 1 atom stereocenters. The van der Waals surface area contributed by atoms with Crippen LogP contribution in [-0.4, -0.2) is 50.3 Å². The first-order valence-electron chi connectivity index (χ1n) is 8.57. The third kappa shape index (κ3) is 4.42. The Morgan fingerprint density at radius 3 is 2.96 bits per heavy atom. The second-order valence-electron chi connectivity index (χ2n) is 7.27. The van der Waals surface area contributed by atoms with Gasteiger partial charge in [-0.05, 0) is 68.1 Å². The second kappa shape index (κ2) is 7.19. The minimum absolute atomic E-state index is 0.104. The largest absolute Gasteiger partial charge is 0.444 e. The van der Waals surface area contributed by atoms with Gasteiger partial charge in [-0.2, -0.15) is 0 Å². The topological polar surface area (TPSA) is 71.8 Å². The molecular weight excluding hydrogens is 386 g/mol. The molecule has 1 fully saturated rings. The standard InChI is InChI=1S/C17H24BrN5O2/c1-17(2,3)25-16(24)22-9-5-4-6-12(22)10-19-14-7-8-15-20-11-13(18)23(15)21-14/h7-8,11-12H,4-6,9-10H2,1-3H3,(H,19,21). The molecule has 0 aliphatic carbocycles. The summed E-state index contributed by atoms with van der Waals surface area (Å²) in [6.07, 6.45) is 4.58. The molecule has 1 N–H and O–H groups in total. The summed E-state index contributed by atoms with van der Waals surface area (Å²) in [5.41, 5.74) is 0.303. The van der Waals surface area contributed by atoms with Crippen LogP contribution in [-0.2, 0) is 4.74 Å². The van der Waals surface area contributed by atoms with E-state index in [2.05, 4.69) is 31.3 Å². The van der Waals surface area contributed by atoms with Gasteiger partial charge in [0.05, 0.1) is 12.2 Å². The third-order valence-corrected chi connectivity index (χ3v) is 4.64. The van der Waals surface area contributed by atoms with E-state index in [0.29, 0.717) is 6.54 Å². The van der Waals surface area contributed by atoms with Gasteiger partial charge in [0.1, 0.15) is 16.0 Å². The van der Waals surface area contributed by atoms with Gasteiger partial charge in [0.15, 0.2) is 5.65 Å². The van der Waals surface area contributed by atoms with Crippen molar-refractivity contribution in [1.29, 1.82) is 0 Å². The Kier molecular flexibility index (Phi) is 5.17. The number of anilines is 1. The molecule has 2 aromatic rings. The third-order valence-electron chi connectivity index (χ3n) is 4.09. The first-order valence-corrected chi connectivity index (χ1v) is 9.36. The molecule has 8 heteroatoms. The molecule has 7 nitrogen and oxygen atoms in total. The molecule has 25 heavy (non-hydrogen) atoms. The SMILES string of the molecule is CC(C)(C)OC(=O)N1CCCCC1CNc1ccc2ncc(Br)n2n1. The number of hydrogen-bond donors (Lipinski definition) is 1. The van der Waals surface area contributed by atoms with Crippen LogP contribution in [0.4, 0.5) is 10.6 Å². The number of nitrogens with zero attached hydrogens (tertiary/aromatic N) is 4. The van der Waals surface area contributed by atoms with E-state index in [9.17, 15) is 4.79 Å². The van der Waals surface area contributed by atoms with Gasteiger partial charge in [0.2, 0.25) is 0 Å². The first kappa shape index (κ1) is 18.0. The lowest BCUT2D eigenvalue weighted by atomic mass is 10.0. The van der Waals surface area contributed by atoms with Crippen LogP contribution >= 0.6 is 15.9 Å². The average molecular weight is 410 g/mol. The summed E-state index contributed by atoms with van der Waals surface area (Å²) in [4.78, 5) is 18.5. The van der Waals surface area contributed by atoms with Crippen molar-refractivity contribution in [3.63, 3.8) is 0 Å². The van der Waals surface area contributed by atoms with Gasteiger partial charge in [-0.3, -0.25) is 0 Å². The van der Waals surface area contributed by atoms with Gasteiger partial charge in [-0.1, -0.05) is 0 Å². The fourth-order valence-electron chi connectivity index (χ4n) is 2.94. The lowest BCUT2D eigenvalue weighted by Gasteiger charge is -2.36. The number of rotatable bonds is 3. The van der Waals surface area contributed by atoms with Gasteiger partial charge in [0.25, 0.3) is 0 Å². The highest BCUT2D eigenvalue weighted by atomic mass is 79.9. The maximum Gasteiger partial charge on any atom is 0.410 e. The quantitative estimate of drug-likeness (QED) is 0.836. The number of fused-ring (bicyclic) bond motifs is 1. The molecular formula is C17H24BrN5O2. The zero-order valence-electron chi connectivity index (χ0n) is 14.8. The molecule has 3 heterocycles. The Morgan fingerprint density at radius 1 is 1.40 bits per heavy atom. The zero-order valence-corrected chi connectivity index (χ0v) is 16.4. The highest BCUT2D eigenvalue weighted by molar-refractivity contribution is 9.10. The number of amides is 1. The molecule has 1 amide bonds. The summed E-state index contributed by atoms with van der Waals surface area (Å²) in [5, 5.41) is 7.85. The number of aromatic nitrogens is 3. The predicted octanol–water partition coefficient (Wildman–Crippen LogP) is 3.69. The van der Waals surface area contributed by atoms with E-state index in [1.807, 2.05) is 37.8 Å². The van der Waals surface area contributed by atoms with Crippen molar-refractivity contribution in [2.24, 2.45) is 0 Å². The van der Waals surface area contributed by atoms with E-state index in [1.54, 1.807) is 10.7 Å². The van der Waals surface area contributed by atoms with E-state index in [4.69, 9.17) is 4.74 Å². The van der Waals surface area contributed by atoms with Gasteiger partial charge in [-0.15, -0.1) is 5.10 Å². The van der Waals surface area contributed by atoms with Crippen LogP contribution in [0.2, 0.25) is 0 Å². The highest BCUT2D eigenvalue weighted by Crippen LogP contribution is 2.21. The molecule has 1 aliphatic heterocycles. The van der Waals surface area contributed by atoms with E-state index in [-0.39, 0.29) is 12.1 Å². The maximum atomic E-state index is 12.5. The number of nitrogens with one attached hydrogen (secondary N) is 1. The number of piperidine rings is 1. The summed E-state index contributed by atoms with van der Waals surface area (Å²) in [6.45, 7) is 7.06. The van der Waals surface area contributed by atoms with Crippen LogP contribution in [0.5, 0.6) is 0 Å². The monoisotopic (exact) mass is 409 g/mol. The Hall–Kier alpha value is -1.83. The number of carbonyl (C=O) groups is 1. The Morgan fingerprint density at radius 2 is 2.20 bits per heavy atom. The lowest BCUT2D eigenvalue weighted by molar-refractivity contribution is 0.0114. The van der Waals surface area contributed by atoms with E-state index in [0.717, 1.165) is 41.9 Å². The second-order valence-corrected chi connectivity index (χ2v) is 8.09. The number of likely N-dealkylation sites (tertiary alicyclic amines) is 1. The van der Waals surface area contributed by atoms with Crippen LogP contribution in [0.15, 0.2) is 22.9 Å². The van der Waals surface area contributed by atoms with Crippen molar-refractivity contribution in [2.45, 2.75) is 51.7 Å². The Labute approximate surface area is 155 Å². The van der Waals surface area contributed by atoms with Crippen LogP contribution in [0.25, 0.3) is 5.65 Å². The van der Waals surface area contributed by atoms with Crippen molar-refractivity contribution < 1.29 is 9.53 Å². The van der Waals surface area contributed by atoms with Gasteiger partial charge in [0, 0.05) is 13.1 Å². The van der Waals surface area contributed by atoms with Crippen molar-refractivity contribution in [1.82, 2.24) is 19.5 Å². The van der Waals surface area contributed by atoms with Gasteiger partial charge >= 0.3 is 6.09 Å². The highest BCUT2D eigenvalue weighted by Gasteiger charge is 2.30. The molecule has 0 aromatic carbocycles. The van der Waals surface area contributed by atoms with Crippen molar-refractivity contribution in [3.8, 4) is 0 Å². The summed E-state index contributed by atoms with van der Waals surface area (Å²) < 4.78 is 8.08. The molecule has 3 rings (SSSR count).